The van der Waals surface area contributed by atoms with E-state index in [1.54, 1.807) is 30.3 Å². The summed E-state index contributed by atoms with van der Waals surface area (Å²) in [6.45, 7) is 3.92. The number of aryl methyl sites for hydroxylation is 2. The van der Waals surface area contributed by atoms with Gasteiger partial charge < -0.3 is 5.32 Å². The monoisotopic (exact) mass is 402 g/mol. The van der Waals surface area contributed by atoms with Gasteiger partial charge in [0, 0.05) is 17.1 Å². The highest BCUT2D eigenvalue weighted by atomic mass is 35.5. The van der Waals surface area contributed by atoms with Crippen LogP contribution in [0.2, 0.25) is 5.02 Å². The molecule has 27 heavy (non-hydrogen) atoms. The molecule has 0 aliphatic carbocycles. The first-order valence-electron chi connectivity index (χ1n) is 8.46. The molecule has 1 aliphatic heterocycles. The third-order valence-electron chi connectivity index (χ3n) is 4.40. The van der Waals surface area contributed by atoms with Gasteiger partial charge in [0.15, 0.2) is 0 Å². The van der Waals surface area contributed by atoms with Crippen LogP contribution in [0.4, 0.5) is 11.4 Å². The van der Waals surface area contributed by atoms with Gasteiger partial charge in [-0.2, -0.15) is 0 Å². The zero-order valence-electron chi connectivity index (χ0n) is 15.0. The van der Waals surface area contributed by atoms with Crippen LogP contribution in [0.5, 0.6) is 0 Å². The molecule has 0 unspecified atom stereocenters. The summed E-state index contributed by atoms with van der Waals surface area (Å²) in [7, 11) is 0. The number of benzene rings is 2. The van der Waals surface area contributed by atoms with Crippen LogP contribution in [-0.2, 0) is 14.4 Å². The molecule has 1 N–H and O–H groups in total. The van der Waals surface area contributed by atoms with Crippen molar-refractivity contribution in [2.75, 3.05) is 16.0 Å². The van der Waals surface area contributed by atoms with E-state index in [9.17, 15) is 14.4 Å². The maximum Gasteiger partial charge on any atom is 0.247 e. The molecule has 0 aromatic heterocycles. The Labute approximate surface area is 167 Å². The predicted octanol–water partition coefficient (Wildman–Crippen LogP) is 3.96. The zero-order chi connectivity index (χ0) is 19.6. The molecular weight excluding hydrogens is 384 g/mol. The third kappa shape index (κ3) is 4.51. The first kappa shape index (κ1) is 19.5. The maximum atomic E-state index is 12.7. The van der Waals surface area contributed by atoms with E-state index in [0.29, 0.717) is 16.4 Å². The van der Waals surface area contributed by atoms with E-state index in [-0.39, 0.29) is 29.9 Å². The third-order valence-corrected chi connectivity index (χ3v) is 5.85. The molecule has 2 aromatic carbocycles. The molecule has 1 heterocycles. The van der Waals surface area contributed by atoms with E-state index in [4.69, 9.17) is 11.6 Å². The van der Waals surface area contributed by atoms with E-state index in [0.717, 1.165) is 11.1 Å². The van der Waals surface area contributed by atoms with Crippen LogP contribution >= 0.6 is 23.4 Å². The van der Waals surface area contributed by atoms with Crippen LogP contribution in [0.25, 0.3) is 0 Å². The molecule has 3 rings (SSSR count). The Kier molecular flexibility index (Phi) is 5.87. The summed E-state index contributed by atoms with van der Waals surface area (Å²) in [5, 5.41) is 2.79. The highest BCUT2D eigenvalue weighted by Gasteiger charge is 2.40. The lowest BCUT2D eigenvalue weighted by Gasteiger charge is -2.16. The number of nitrogens with zero attached hydrogens (tertiary/aromatic N) is 1. The van der Waals surface area contributed by atoms with Crippen LogP contribution in [0.1, 0.15) is 17.5 Å². The van der Waals surface area contributed by atoms with Crippen molar-refractivity contribution in [1.29, 1.82) is 0 Å². The summed E-state index contributed by atoms with van der Waals surface area (Å²) in [4.78, 5) is 38.3. The zero-order valence-corrected chi connectivity index (χ0v) is 16.6. The number of hydrogen-bond acceptors (Lipinski definition) is 4. The molecule has 0 saturated carbocycles. The highest BCUT2D eigenvalue weighted by Crippen LogP contribution is 2.30. The van der Waals surface area contributed by atoms with Gasteiger partial charge in [-0.25, -0.2) is 4.90 Å². The van der Waals surface area contributed by atoms with Crippen LogP contribution in [0, 0.1) is 13.8 Å². The normalized spacial score (nSPS) is 16.7. The number of hydrogen-bond donors (Lipinski definition) is 1. The SMILES string of the molecule is Cc1ccc(N2C(=O)C[C@H](SCC(=O)Nc3ccc(Cl)cc3)C2=O)cc1C. The standard InChI is InChI=1S/C20H19ClN2O3S/c1-12-3-8-16(9-13(12)2)23-19(25)10-17(20(23)26)27-11-18(24)22-15-6-4-14(21)5-7-15/h3-9,17H,10-11H2,1-2H3,(H,22,24)/t17-/m0/s1. The van der Waals surface area contributed by atoms with Gasteiger partial charge in [-0.1, -0.05) is 17.7 Å². The average Bonchev–Trinajstić information content (AvgIpc) is 2.91. The Hall–Kier alpha value is -2.31. The second-order valence-corrected chi connectivity index (χ2v) is 8.02. The van der Waals surface area contributed by atoms with Crippen LogP contribution in [0.15, 0.2) is 42.5 Å². The Balaban J connectivity index is 1.60. The molecule has 0 spiro atoms. The molecule has 1 fully saturated rings. The second-order valence-electron chi connectivity index (χ2n) is 6.39. The van der Waals surface area contributed by atoms with Gasteiger partial charge in [0.2, 0.25) is 17.7 Å². The van der Waals surface area contributed by atoms with Gasteiger partial charge >= 0.3 is 0 Å². The lowest BCUT2D eigenvalue weighted by molar-refractivity contribution is -0.121. The smallest absolute Gasteiger partial charge is 0.247 e. The largest absolute Gasteiger partial charge is 0.325 e. The first-order valence-corrected chi connectivity index (χ1v) is 9.89. The van der Waals surface area contributed by atoms with E-state index >= 15 is 0 Å². The van der Waals surface area contributed by atoms with Gasteiger partial charge in [0.1, 0.15) is 0 Å². The van der Waals surface area contributed by atoms with Crippen LogP contribution in [0.3, 0.4) is 0 Å². The van der Waals surface area contributed by atoms with E-state index in [1.165, 1.54) is 16.7 Å². The molecular formula is C20H19ClN2O3S. The van der Waals surface area contributed by atoms with E-state index < -0.39 is 5.25 Å². The quantitative estimate of drug-likeness (QED) is 0.768. The van der Waals surface area contributed by atoms with Crippen molar-refractivity contribution in [3.8, 4) is 0 Å². The lowest BCUT2D eigenvalue weighted by Crippen LogP contribution is -2.31. The Morgan fingerprint density at radius 3 is 2.52 bits per heavy atom. The number of carbonyl (C=O) groups excluding carboxylic acids is 3. The van der Waals surface area contributed by atoms with Gasteiger partial charge in [-0.3, -0.25) is 14.4 Å². The van der Waals surface area contributed by atoms with E-state index in [2.05, 4.69) is 5.32 Å². The number of imide groups is 1. The molecule has 5 nitrogen and oxygen atoms in total. The lowest BCUT2D eigenvalue weighted by atomic mass is 10.1. The Bertz CT molecular complexity index is 899. The second kappa shape index (κ2) is 8.15. The summed E-state index contributed by atoms with van der Waals surface area (Å²) < 4.78 is 0. The maximum absolute atomic E-state index is 12.7. The molecule has 7 heteroatoms. The Morgan fingerprint density at radius 1 is 1.15 bits per heavy atom. The average molecular weight is 403 g/mol. The van der Waals surface area contributed by atoms with Crippen molar-refractivity contribution < 1.29 is 14.4 Å². The summed E-state index contributed by atoms with van der Waals surface area (Å²) in [5.74, 6) is -0.647. The van der Waals surface area contributed by atoms with Crippen molar-refractivity contribution in [2.45, 2.75) is 25.5 Å². The minimum atomic E-state index is -0.546. The van der Waals surface area contributed by atoms with Gasteiger partial charge in [0.05, 0.1) is 16.7 Å². The fourth-order valence-corrected chi connectivity index (χ4v) is 3.84. The van der Waals surface area contributed by atoms with Gasteiger partial charge in [0.25, 0.3) is 0 Å². The van der Waals surface area contributed by atoms with Crippen LogP contribution < -0.4 is 10.2 Å². The molecule has 1 aliphatic rings. The number of amides is 3. The fraction of sp³-hybridized carbons (Fsp3) is 0.250. The summed E-state index contributed by atoms with van der Waals surface area (Å²) in [6, 6.07) is 12.3. The topological polar surface area (TPSA) is 66.5 Å². The predicted molar refractivity (Wildman–Crippen MR) is 109 cm³/mol. The number of rotatable bonds is 5. The fourth-order valence-electron chi connectivity index (χ4n) is 2.78. The highest BCUT2D eigenvalue weighted by molar-refractivity contribution is 8.01. The molecule has 0 radical (unpaired) electrons. The van der Waals surface area contributed by atoms with Crippen molar-refractivity contribution in [1.82, 2.24) is 0 Å². The summed E-state index contributed by atoms with van der Waals surface area (Å²) >= 11 is 7.00. The van der Waals surface area contributed by atoms with Crippen molar-refractivity contribution in [3.63, 3.8) is 0 Å². The molecule has 3 amide bonds. The van der Waals surface area contributed by atoms with E-state index in [1.807, 2.05) is 26.0 Å². The minimum absolute atomic E-state index is 0.0904. The number of carbonyl (C=O) groups is 3. The Morgan fingerprint density at radius 2 is 1.85 bits per heavy atom. The molecule has 0 bridgehead atoms. The summed E-state index contributed by atoms with van der Waals surface area (Å²) in [6.07, 6.45) is 0.102. The molecule has 2 aromatic rings. The molecule has 1 atom stereocenters. The van der Waals surface area contributed by atoms with Crippen molar-refractivity contribution in [3.05, 3.63) is 58.6 Å². The number of halogens is 1. The number of thioether (sulfide) groups is 1. The minimum Gasteiger partial charge on any atom is -0.325 e. The van der Waals surface area contributed by atoms with Gasteiger partial charge in [-0.05, 0) is 61.4 Å². The molecule has 1 saturated heterocycles. The first-order chi connectivity index (χ1) is 12.8. The van der Waals surface area contributed by atoms with Crippen LogP contribution in [-0.4, -0.2) is 28.7 Å². The number of nitrogens with one attached hydrogen (secondary N) is 1. The van der Waals surface area contributed by atoms with Crippen molar-refractivity contribution >= 4 is 52.5 Å². The van der Waals surface area contributed by atoms with Crippen molar-refractivity contribution in [2.24, 2.45) is 0 Å². The summed E-state index contributed by atoms with van der Waals surface area (Å²) in [5.41, 5.74) is 3.34. The molecule has 140 valence electrons. The van der Waals surface area contributed by atoms with Gasteiger partial charge in [-0.15, -0.1) is 11.8 Å². The number of anilines is 2.